The summed E-state index contributed by atoms with van der Waals surface area (Å²) in [6.07, 6.45) is 5.18. The first-order valence-electron chi connectivity index (χ1n) is 10.8. The molecule has 7 heteroatoms. The van der Waals surface area contributed by atoms with Crippen LogP contribution in [0.3, 0.4) is 0 Å². The number of hydrogen-bond acceptors (Lipinski definition) is 4. The quantitative estimate of drug-likeness (QED) is 0.813. The van der Waals surface area contributed by atoms with E-state index in [1.165, 1.54) is 11.3 Å². The Balaban J connectivity index is 1.54. The lowest BCUT2D eigenvalue weighted by Gasteiger charge is -2.40. The van der Waals surface area contributed by atoms with Gasteiger partial charge in [-0.1, -0.05) is 18.2 Å². The molecular formula is C23H29N3O3S. The van der Waals surface area contributed by atoms with E-state index >= 15 is 0 Å². The summed E-state index contributed by atoms with van der Waals surface area (Å²) >= 11 is 1.45. The van der Waals surface area contributed by atoms with E-state index in [9.17, 15) is 14.4 Å². The maximum Gasteiger partial charge on any atom is 0.259 e. The SMILES string of the molecule is CC(=O)N1CCC(C(=O)N2CCCCC2Cc2c(C(N)=O)sc3ccccc23)CC1. The van der Waals surface area contributed by atoms with Crippen LogP contribution in [-0.4, -0.2) is 53.2 Å². The molecule has 160 valence electrons. The number of fused-ring (bicyclic) bond motifs is 1. The van der Waals surface area contributed by atoms with Gasteiger partial charge in [0.05, 0.1) is 4.88 Å². The van der Waals surface area contributed by atoms with Crippen LogP contribution in [0.5, 0.6) is 0 Å². The van der Waals surface area contributed by atoms with E-state index < -0.39 is 5.91 Å². The number of amides is 3. The van der Waals surface area contributed by atoms with Crippen molar-refractivity contribution in [1.82, 2.24) is 9.80 Å². The maximum absolute atomic E-state index is 13.4. The van der Waals surface area contributed by atoms with Crippen LogP contribution in [0, 0.1) is 5.92 Å². The van der Waals surface area contributed by atoms with Crippen molar-refractivity contribution in [1.29, 1.82) is 0 Å². The molecule has 2 saturated heterocycles. The van der Waals surface area contributed by atoms with Gasteiger partial charge in [0.1, 0.15) is 0 Å². The van der Waals surface area contributed by atoms with Crippen molar-refractivity contribution in [2.24, 2.45) is 11.7 Å². The second kappa shape index (κ2) is 8.76. The fourth-order valence-corrected chi connectivity index (χ4v) is 6.00. The summed E-state index contributed by atoms with van der Waals surface area (Å²) < 4.78 is 1.06. The van der Waals surface area contributed by atoms with Crippen LogP contribution >= 0.6 is 11.3 Å². The summed E-state index contributed by atoms with van der Waals surface area (Å²) in [5, 5.41) is 1.07. The lowest BCUT2D eigenvalue weighted by atomic mass is 9.90. The van der Waals surface area contributed by atoms with Crippen molar-refractivity contribution >= 4 is 39.1 Å². The summed E-state index contributed by atoms with van der Waals surface area (Å²) in [5.74, 6) is -0.115. The third-order valence-corrected chi connectivity index (χ3v) is 7.79. The van der Waals surface area contributed by atoms with E-state index in [0.29, 0.717) is 24.4 Å². The van der Waals surface area contributed by atoms with Gasteiger partial charge in [0.25, 0.3) is 5.91 Å². The minimum absolute atomic E-state index is 0.0176. The molecule has 2 aliphatic heterocycles. The van der Waals surface area contributed by atoms with Gasteiger partial charge in [0.2, 0.25) is 11.8 Å². The maximum atomic E-state index is 13.4. The Morgan fingerprint density at radius 3 is 2.50 bits per heavy atom. The minimum atomic E-state index is -0.392. The monoisotopic (exact) mass is 427 g/mol. The van der Waals surface area contributed by atoms with Crippen molar-refractivity contribution in [2.45, 2.75) is 51.5 Å². The Hall–Kier alpha value is -2.41. The normalized spacial score (nSPS) is 20.5. The predicted octanol–water partition coefficient (Wildman–Crippen LogP) is 3.18. The summed E-state index contributed by atoms with van der Waals surface area (Å²) in [7, 11) is 0. The molecule has 0 spiro atoms. The number of hydrogen-bond donors (Lipinski definition) is 1. The molecule has 0 aliphatic carbocycles. The van der Waals surface area contributed by atoms with Crippen LogP contribution in [0.1, 0.15) is 54.3 Å². The van der Waals surface area contributed by atoms with Crippen LogP contribution < -0.4 is 5.73 Å². The highest BCUT2D eigenvalue weighted by Crippen LogP contribution is 2.34. The molecule has 3 amide bonds. The minimum Gasteiger partial charge on any atom is -0.365 e. The zero-order chi connectivity index (χ0) is 21.3. The van der Waals surface area contributed by atoms with E-state index in [0.717, 1.165) is 54.3 Å². The summed E-state index contributed by atoms with van der Waals surface area (Å²) in [5.41, 5.74) is 6.68. The van der Waals surface area contributed by atoms with Gasteiger partial charge in [-0.05, 0) is 55.5 Å². The highest BCUT2D eigenvalue weighted by atomic mass is 32.1. The van der Waals surface area contributed by atoms with Crippen molar-refractivity contribution in [3.05, 3.63) is 34.7 Å². The molecule has 2 N–H and O–H groups in total. The first kappa shape index (κ1) is 20.8. The third-order valence-electron chi connectivity index (χ3n) is 6.56. The molecule has 2 aromatic rings. The first-order chi connectivity index (χ1) is 14.5. The summed E-state index contributed by atoms with van der Waals surface area (Å²) in [4.78, 5) is 41.6. The fraction of sp³-hybridized carbons (Fsp3) is 0.522. The van der Waals surface area contributed by atoms with Crippen molar-refractivity contribution in [2.75, 3.05) is 19.6 Å². The van der Waals surface area contributed by atoms with Crippen LogP contribution in [0.15, 0.2) is 24.3 Å². The molecule has 0 bridgehead atoms. The molecular weight excluding hydrogens is 398 g/mol. The molecule has 0 saturated carbocycles. The molecule has 3 heterocycles. The molecule has 2 aliphatic rings. The Bertz CT molecular complexity index is 962. The number of benzene rings is 1. The Labute approximate surface area is 181 Å². The first-order valence-corrected chi connectivity index (χ1v) is 11.6. The van der Waals surface area contributed by atoms with Crippen LogP contribution in [0.25, 0.3) is 10.1 Å². The summed E-state index contributed by atoms with van der Waals surface area (Å²) in [6, 6.07) is 8.10. The van der Waals surface area contributed by atoms with Crippen molar-refractivity contribution in [3.63, 3.8) is 0 Å². The Morgan fingerprint density at radius 1 is 1.07 bits per heavy atom. The van der Waals surface area contributed by atoms with Gasteiger partial charge in [0, 0.05) is 43.2 Å². The molecule has 30 heavy (non-hydrogen) atoms. The largest absolute Gasteiger partial charge is 0.365 e. The van der Waals surface area contributed by atoms with Crippen LogP contribution in [0.2, 0.25) is 0 Å². The van der Waals surface area contributed by atoms with Gasteiger partial charge < -0.3 is 15.5 Å². The van der Waals surface area contributed by atoms with E-state index in [4.69, 9.17) is 5.73 Å². The number of nitrogens with zero attached hydrogens (tertiary/aromatic N) is 2. The zero-order valence-corrected chi connectivity index (χ0v) is 18.2. The molecule has 2 fully saturated rings. The molecule has 1 atom stereocenters. The molecule has 4 rings (SSSR count). The van der Waals surface area contributed by atoms with Gasteiger partial charge in [-0.2, -0.15) is 0 Å². The second-order valence-electron chi connectivity index (χ2n) is 8.44. The molecule has 6 nitrogen and oxygen atoms in total. The molecule has 1 aromatic heterocycles. The molecule has 0 radical (unpaired) electrons. The number of carbonyl (C=O) groups excluding carboxylic acids is 3. The van der Waals surface area contributed by atoms with Crippen molar-refractivity contribution < 1.29 is 14.4 Å². The van der Waals surface area contributed by atoms with E-state index in [1.807, 2.05) is 29.2 Å². The highest BCUT2D eigenvalue weighted by molar-refractivity contribution is 7.21. The number of rotatable bonds is 4. The Morgan fingerprint density at radius 2 is 1.80 bits per heavy atom. The predicted molar refractivity (Wildman–Crippen MR) is 118 cm³/mol. The smallest absolute Gasteiger partial charge is 0.259 e. The van der Waals surface area contributed by atoms with Gasteiger partial charge in [0.15, 0.2) is 0 Å². The third kappa shape index (κ3) is 4.08. The summed E-state index contributed by atoms with van der Waals surface area (Å²) in [6.45, 7) is 3.67. The van der Waals surface area contributed by atoms with E-state index in [2.05, 4.69) is 4.90 Å². The standard InChI is InChI=1S/C23H29N3O3S/c1-15(27)25-12-9-16(10-13-25)23(29)26-11-5-4-6-17(26)14-19-18-7-2-3-8-20(18)30-21(19)22(24)28/h2-3,7-8,16-17H,4-6,9-14H2,1H3,(H2,24,28). The van der Waals surface area contributed by atoms with Gasteiger partial charge in [-0.15, -0.1) is 11.3 Å². The number of primary amides is 1. The van der Waals surface area contributed by atoms with Gasteiger partial charge in [-0.3, -0.25) is 14.4 Å². The molecule has 1 unspecified atom stereocenters. The average molecular weight is 428 g/mol. The topological polar surface area (TPSA) is 83.7 Å². The second-order valence-corrected chi connectivity index (χ2v) is 9.49. The highest BCUT2D eigenvalue weighted by Gasteiger charge is 2.34. The van der Waals surface area contributed by atoms with Crippen molar-refractivity contribution in [3.8, 4) is 0 Å². The van der Waals surface area contributed by atoms with Gasteiger partial charge in [-0.25, -0.2) is 0 Å². The van der Waals surface area contributed by atoms with Crippen LogP contribution in [0.4, 0.5) is 0 Å². The van der Waals surface area contributed by atoms with E-state index in [-0.39, 0.29) is 23.8 Å². The lowest BCUT2D eigenvalue weighted by Crippen LogP contribution is -2.50. The number of nitrogens with two attached hydrogens (primary N) is 1. The van der Waals surface area contributed by atoms with Gasteiger partial charge >= 0.3 is 0 Å². The average Bonchev–Trinajstić information content (AvgIpc) is 3.12. The Kier molecular flexibility index (Phi) is 6.09. The zero-order valence-electron chi connectivity index (χ0n) is 17.4. The van der Waals surface area contributed by atoms with Crippen LogP contribution in [-0.2, 0) is 16.0 Å². The number of piperidine rings is 2. The number of carbonyl (C=O) groups is 3. The lowest BCUT2D eigenvalue weighted by molar-refractivity contribution is -0.143. The fourth-order valence-electron chi connectivity index (χ4n) is 4.91. The number of thiophene rings is 1. The van der Waals surface area contributed by atoms with E-state index in [1.54, 1.807) is 6.92 Å². The molecule has 1 aromatic carbocycles. The number of likely N-dealkylation sites (tertiary alicyclic amines) is 2.